The molecule has 0 bridgehead atoms. The highest BCUT2D eigenvalue weighted by Crippen LogP contribution is 2.21. The van der Waals surface area contributed by atoms with Gasteiger partial charge in [0.05, 0.1) is 12.6 Å². The van der Waals surface area contributed by atoms with Crippen LogP contribution in [0.2, 0.25) is 0 Å². The molecule has 1 aliphatic heterocycles. The minimum atomic E-state index is -5.10. The summed E-state index contributed by atoms with van der Waals surface area (Å²) >= 11 is 0. The topological polar surface area (TPSA) is 106 Å². The van der Waals surface area contributed by atoms with Crippen molar-refractivity contribution >= 4 is 24.1 Å². The maximum atomic E-state index is 12.2. The van der Waals surface area contributed by atoms with Crippen LogP contribution in [0.15, 0.2) is 9.98 Å². The van der Waals surface area contributed by atoms with E-state index in [9.17, 15) is 22.8 Å². The maximum absolute atomic E-state index is 12.2. The summed E-state index contributed by atoms with van der Waals surface area (Å²) in [6.45, 7) is 1.51. The molecule has 0 saturated carbocycles. The number of aliphatic imine (C=N–C) groups is 2. The van der Waals surface area contributed by atoms with E-state index >= 15 is 0 Å². The normalized spacial score (nSPS) is 23.1. The van der Waals surface area contributed by atoms with E-state index in [-0.39, 0.29) is 12.4 Å². The van der Waals surface area contributed by atoms with Gasteiger partial charge in [-0.1, -0.05) is 0 Å². The zero-order chi connectivity index (χ0) is 15.6. The molecule has 7 nitrogen and oxygen atoms in total. The highest BCUT2D eigenvalue weighted by atomic mass is 19.4. The fourth-order valence-electron chi connectivity index (χ4n) is 1.61. The molecule has 0 aromatic heterocycles. The first-order valence-corrected chi connectivity index (χ1v) is 5.43. The van der Waals surface area contributed by atoms with E-state index in [1.165, 1.54) is 13.1 Å². The number of alkyl halides is 3. The van der Waals surface area contributed by atoms with E-state index < -0.39 is 29.6 Å². The zero-order valence-electron chi connectivity index (χ0n) is 10.7. The Bertz CT molecular complexity index is 475. The Morgan fingerprint density at radius 2 is 2.15 bits per heavy atom. The van der Waals surface area contributed by atoms with Crippen molar-refractivity contribution in [3.05, 3.63) is 0 Å². The Hall–Kier alpha value is -2.13. The fraction of sp³-hybridized carbons (Fsp3) is 0.600. The zero-order valence-corrected chi connectivity index (χ0v) is 10.7. The molecule has 0 fully saturated rings. The van der Waals surface area contributed by atoms with Crippen LogP contribution >= 0.6 is 0 Å². The van der Waals surface area contributed by atoms with Gasteiger partial charge in [-0.25, -0.2) is 14.8 Å². The lowest BCUT2D eigenvalue weighted by Gasteiger charge is -2.24. The first-order chi connectivity index (χ1) is 9.07. The average molecular weight is 294 g/mol. The van der Waals surface area contributed by atoms with Crippen molar-refractivity contribution < 1.29 is 27.5 Å². The molecule has 1 unspecified atom stereocenters. The third-order valence-electron chi connectivity index (χ3n) is 2.51. The molecule has 10 heteroatoms. The molecule has 0 aliphatic carbocycles. The van der Waals surface area contributed by atoms with Gasteiger partial charge in [0.1, 0.15) is 6.04 Å². The smallest absolute Gasteiger partial charge is 0.467 e. The summed E-state index contributed by atoms with van der Waals surface area (Å²) in [5.41, 5.74) is 4.25. The number of guanidine groups is 1. The van der Waals surface area contributed by atoms with Gasteiger partial charge in [-0.3, -0.25) is 4.79 Å². The first kappa shape index (κ1) is 15.9. The van der Waals surface area contributed by atoms with Gasteiger partial charge in [0, 0.05) is 12.6 Å². The van der Waals surface area contributed by atoms with Crippen molar-refractivity contribution in [3.63, 3.8) is 0 Å². The molecule has 20 heavy (non-hydrogen) atoms. The average Bonchev–Trinajstić information content (AvgIpc) is 2.66. The molecule has 0 spiro atoms. The molecule has 112 valence electrons. The lowest BCUT2D eigenvalue weighted by atomic mass is 9.95. The monoisotopic (exact) mass is 294 g/mol. The number of rotatable bonds is 4. The minimum Gasteiger partial charge on any atom is -0.467 e. The predicted octanol–water partition coefficient (Wildman–Crippen LogP) is -0.246. The molecule has 0 saturated heterocycles. The van der Waals surface area contributed by atoms with Crippen molar-refractivity contribution in [1.29, 1.82) is 0 Å². The van der Waals surface area contributed by atoms with Crippen LogP contribution in [0.3, 0.4) is 0 Å². The number of amides is 1. The van der Waals surface area contributed by atoms with Crippen LogP contribution < -0.4 is 11.1 Å². The van der Waals surface area contributed by atoms with Gasteiger partial charge in [0.2, 0.25) is 5.96 Å². The maximum Gasteiger partial charge on any atom is 0.471 e. The third-order valence-corrected chi connectivity index (χ3v) is 2.51. The lowest BCUT2D eigenvalue weighted by molar-refractivity contribution is -0.175. The Kier molecular flexibility index (Phi) is 4.36. The van der Waals surface area contributed by atoms with Crippen LogP contribution in [0, 0.1) is 0 Å². The van der Waals surface area contributed by atoms with Gasteiger partial charge < -0.3 is 15.8 Å². The van der Waals surface area contributed by atoms with Crippen LogP contribution in [0.4, 0.5) is 13.2 Å². The molecule has 0 aromatic carbocycles. The van der Waals surface area contributed by atoms with Crippen LogP contribution in [0.25, 0.3) is 0 Å². The van der Waals surface area contributed by atoms with Crippen LogP contribution in [-0.2, 0) is 14.3 Å². The summed E-state index contributed by atoms with van der Waals surface area (Å²) < 4.78 is 41.0. The molecule has 3 N–H and O–H groups in total. The number of hydrogen-bond donors (Lipinski definition) is 2. The Morgan fingerprint density at radius 3 is 2.55 bits per heavy atom. The Morgan fingerprint density at radius 1 is 1.55 bits per heavy atom. The van der Waals surface area contributed by atoms with Crippen molar-refractivity contribution in [1.82, 2.24) is 5.32 Å². The fourth-order valence-corrected chi connectivity index (χ4v) is 1.61. The van der Waals surface area contributed by atoms with E-state index in [4.69, 9.17) is 5.73 Å². The number of carbonyl (C=O) groups excluding carboxylic acids is 2. The summed E-state index contributed by atoms with van der Waals surface area (Å²) in [6.07, 6.45) is -4.07. The number of halogens is 3. The van der Waals surface area contributed by atoms with E-state index in [1.807, 2.05) is 0 Å². The summed E-state index contributed by atoms with van der Waals surface area (Å²) in [4.78, 5) is 29.9. The Balaban J connectivity index is 2.84. The number of nitrogens with zero attached hydrogens (tertiary/aromatic N) is 2. The number of carbonyl (C=O) groups is 2. The SMILES string of the molecule is COC(=O)[C@H](CC1(C)C=NC(N)=N1)NC(=O)C(F)(F)F. The molecule has 1 rings (SSSR count). The summed E-state index contributed by atoms with van der Waals surface area (Å²) in [6, 6.07) is -1.51. The molecular formula is C10H13F3N4O3. The quantitative estimate of drug-likeness (QED) is 0.697. The van der Waals surface area contributed by atoms with E-state index in [2.05, 4.69) is 14.7 Å². The molecule has 0 aromatic rings. The van der Waals surface area contributed by atoms with Crippen molar-refractivity contribution in [2.75, 3.05) is 7.11 Å². The molecular weight excluding hydrogens is 281 g/mol. The van der Waals surface area contributed by atoms with Crippen LogP contribution in [0.5, 0.6) is 0 Å². The summed E-state index contributed by atoms with van der Waals surface area (Å²) in [5.74, 6) is -3.31. The molecule has 1 amide bonds. The van der Waals surface area contributed by atoms with Gasteiger partial charge in [0.25, 0.3) is 0 Å². The van der Waals surface area contributed by atoms with E-state index in [0.717, 1.165) is 7.11 Å². The standard InChI is InChI=1S/C10H13F3N4O3/c1-9(4-15-8(14)17-9)3-5(6(18)20-2)16-7(19)10(11,12)13/h4-5H,3H2,1-2H3,(H2,14,17)(H,16,19)/t5-,9?/m0/s1. The largest absolute Gasteiger partial charge is 0.471 e. The number of ether oxygens (including phenoxy) is 1. The first-order valence-electron chi connectivity index (χ1n) is 5.43. The summed E-state index contributed by atoms with van der Waals surface area (Å²) in [7, 11) is 0.998. The van der Waals surface area contributed by atoms with Gasteiger partial charge >= 0.3 is 18.1 Å². The molecule has 1 aliphatic rings. The second-order valence-electron chi connectivity index (χ2n) is 4.34. The second kappa shape index (κ2) is 5.47. The van der Waals surface area contributed by atoms with Crippen molar-refractivity contribution in [2.24, 2.45) is 15.7 Å². The van der Waals surface area contributed by atoms with Crippen molar-refractivity contribution in [2.45, 2.75) is 31.1 Å². The van der Waals surface area contributed by atoms with Gasteiger partial charge in [0.15, 0.2) is 0 Å². The number of hydrogen-bond acceptors (Lipinski definition) is 6. The third kappa shape index (κ3) is 3.93. The minimum absolute atomic E-state index is 0.0572. The van der Waals surface area contributed by atoms with Crippen LogP contribution in [-0.4, -0.2) is 48.9 Å². The molecule has 1 heterocycles. The van der Waals surface area contributed by atoms with Gasteiger partial charge in [-0.15, -0.1) is 0 Å². The highest BCUT2D eigenvalue weighted by molar-refractivity contribution is 5.96. The Labute approximate surface area is 112 Å². The highest BCUT2D eigenvalue weighted by Gasteiger charge is 2.43. The number of methoxy groups -OCH3 is 1. The molecule has 2 atom stereocenters. The lowest BCUT2D eigenvalue weighted by Crippen LogP contribution is -2.50. The number of nitrogens with two attached hydrogens (primary N) is 1. The van der Waals surface area contributed by atoms with E-state index in [1.54, 1.807) is 5.32 Å². The van der Waals surface area contributed by atoms with Gasteiger partial charge in [-0.2, -0.15) is 13.2 Å². The number of nitrogens with one attached hydrogen (secondary N) is 1. The van der Waals surface area contributed by atoms with Crippen LogP contribution in [0.1, 0.15) is 13.3 Å². The molecule has 0 radical (unpaired) electrons. The van der Waals surface area contributed by atoms with Gasteiger partial charge in [-0.05, 0) is 6.92 Å². The second-order valence-corrected chi connectivity index (χ2v) is 4.34. The summed E-state index contributed by atoms with van der Waals surface area (Å²) in [5, 5.41) is 1.56. The van der Waals surface area contributed by atoms with E-state index in [0.29, 0.717) is 0 Å². The van der Waals surface area contributed by atoms with Crippen molar-refractivity contribution in [3.8, 4) is 0 Å². The number of esters is 1. The predicted molar refractivity (Wildman–Crippen MR) is 63.1 cm³/mol.